The van der Waals surface area contributed by atoms with E-state index in [-0.39, 0.29) is 17.6 Å². The molecule has 224 valence electrons. The van der Waals surface area contributed by atoms with Crippen LogP contribution in [0.1, 0.15) is 36.0 Å². The summed E-state index contributed by atoms with van der Waals surface area (Å²) in [4.78, 5) is 52.1. The number of hydrogen-bond donors (Lipinski definition) is 2. The van der Waals surface area contributed by atoms with Gasteiger partial charge in [-0.15, -0.1) is 0 Å². The van der Waals surface area contributed by atoms with Crippen molar-refractivity contribution < 1.29 is 9.59 Å². The molecule has 1 fully saturated rings. The Kier molecular flexibility index (Phi) is 7.95. The Morgan fingerprint density at radius 1 is 0.932 bits per heavy atom. The lowest BCUT2D eigenvalue weighted by atomic mass is 10.2. The molecule has 3 N–H and O–H groups in total. The highest BCUT2D eigenvalue weighted by Crippen LogP contribution is 2.27. The molecule has 0 saturated heterocycles. The summed E-state index contributed by atoms with van der Waals surface area (Å²) in [5.74, 6) is -0.0854. The van der Waals surface area contributed by atoms with Crippen LogP contribution in [0, 0.1) is 0 Å². The van der Waals surface area contributed by atoms with Crippen LogP contribution < -0.4 is 21.6 Å². The summed E-state index contributed by atoms with van der Waals surface area (Å²) < 4.78 is 2.91. The topological polar surface area (TPSA) is 131 Å². The largest absolute Gasteiger partial charge is 0.382 e. The van der Waals surface area contributed by atoms with Gasteiger partial charge in [-0.25, -0.2) is 19.3 Å². The second kappa shape index (κ2) is 12.1. The van der Waals surface area contributed by atoms with Crippen molar-refractivity contribution in [1.82, 2.24) is 24.0 Å². The van der Waals surface area contributed by atoms with Gasteiger partial charge in [0.15, 0.2) is 11.5 Å². The van der Waals surface area contributed by atoms with Crippen molar-refractivity contribution in [2.75, 3.05) is 36.6 Å². The van der Waals surface area contributed by atoms with Gasteiger partial charge in [0.05, 0.1) is 11.4 Å². The fourth-order valence-corrected chi connectivity index (χ4v) is 5.34. The highest BCUT2D eigenvalue weighted by atomic mass is 16.2. The van der Waals surface area contributed by atoms with E-state index < -0.39 is 5.69 Å². The zero-order valence-corrected chi connectivity index (χ0v) is 24.7. The van der Waals surface area contributed by atoms with Crippen LogP contribution in [-0.2, 0) is 4.79 Å². The first kappa shape index (κ1) is 28.8. The van der Waals surface area contributed by atoms with Crippen molar-refractivity contribution >= 4 is 40.2 Å². The smallest absolute Gasteiger partial charge is 0.339 e. The van der Waals surface area contributed by atoms with Gasteiger partial charge in [0.25, 0.3) is 5.91 Å². The lowest BCUT2D eigenvalue weighted by Crippen LogP contribution is -2.28. The molecule has 2 heterocycles. The number of anilines is 3. The quantitative estimate of drug-likeness (QED) is 0.249. The first-order chi connectivity index (χ1) is 21.3. The summed E-state index contributed by atoms with van der Waals surface area (Å²) in [6.07, 6.45) is 5.01. The van der Waals surface area contributed by atoms with Crippen LogP contribution in [0.5, 0.6) is 0 Å². The lowest BCUT2D eigenvalue weighted by Gasteiger charge is -2.20. The Labute approximate surface area is 254 Å². The van der Waals surface area contributed by atoms with E-state index in [9.17, 15) is 14.4 Å². The van der Waals surface area contributed by atoms with Crippen LogP contribution in [0.25, 0.3) is 22.5 Å². The van der Waals surface area contributed by atoms with Gasteiger partial charge in [-0.1, -0.05) is 24.3 Å². The van der Waals surface area contributed by atoms with Crippen LogP contribution >= 0.6 is 0 Å². The Hall–Kier alpha value is -5.29. The zero-order valence-electron chi connectivity index (χ0n) is 24.7. The average molecular weight is 591 g/mol. The third-order valence-electron chi connectivity index (χ3n) is 7.99. The van der Waals surface area contributed by atoms with E-state index in [1.165, 1.54) is 28.3 Å². The molecule has 0 spiro atoms. The Bertz CT molecular complexity index is 1880. The molecule has 44 heavy (non-hydrogen) atoms. The van der Waals surface area contributed by atoms with Gasteiger partial charge in [-0.2, -0.15) is 0 Å². The molecule has 0 radical (unpaired) electrons. The van der Waals surface area contributed by atoms with E-state index in [1.807, 2.05) is 12.1 Å². The maximum atomic E-state index is 14.0. The Balaban J connectivity index is 1.28. The molecule has 11 heteroatoms. The molecule has 2 amide bonds. The summed E-state index contributed by atoms with van der Waals surface area (Å²) in [6.45, 7) is 0.890. The molecule has 11 nitrogen and oxygen atoms in total. The van der Waals surface area contributed by atoms with E-state index in [2.05, 4.69) is 27.2 Å². The number of nitrogens with two attached hydrogens (primary N) is 1. The molecule has 0 atom stereocenters. The number of carbonyl (C=O) groups excluding carboxylic acids is 2. The molecule has 3 aromatic carbocycles. The molecule has 1 aliphatic rings. The van der Waals surface area contributed by atoms with Crippen molar-refractivity contribution in [3.63, 3.8) is 0 Å². The molecule has 6 rings (SSSR count). The minimum Gasteiger partial charge on any atom is -0.382 e. The van der Waals surface area contributed by atoms with E-state index in [4.69, 9.17) is 5.73 Å². The van der Waals surface area contributed by atoms with Crippen molar-refractivity contribution in [1.29, 1.82) is 0 Å². The monoisotopic (exact) mass is 590 g/mol. The van der Waals surface area contributed by atoms with Crippen LogP contribution in [0.15, 0.2) is 90.0 Å². The third-order valence-corrected chi connectivity index (χ3v) is 7.99. The second-order valence-corrected chi connectivity index (χ2v) is 11.0. The maximum Gasteiger partial charge on any atom is 0.339 e. The lowest BCUT2D eigenvalue weighted by molar-refractivity contribution is -0.118. The zero-order chi connectivity index (χ0) is 30.8. The number of rotatable bonds is 10. The van der Waals surface area contributed by atoms with Crippen molar-refractivity contribution in [2.24, 2.45) is 0 Å². The van der Waals surface area contributed by atoms with Gasteiger partial charge in [-0.05, 0) is 87.5 Å². The minimum atomic E-state index is -0.400. The number of nitrogens with zero attached hydrogens (tertiary/aromatic N) is 6. The molecular formula is C33H34N8O3. The van der Waals surface area contributed by atoms with Crippen LogP contribution in [0.3, 0.4) is 0 Å². The number of fused-ring (bicyclic) bond motifs is 1. The number of amides is 2. The predicted molar refractivity (Wildman–Crippen MR) is 172 cm³/mol. The van der Waals surface area contributed by atoms with Crippen LogP contribution in [-0.4, -0.2) is 62.5 Å². The van der Waals surface area contributed by atoms with E-state index in [1.54, 1.807) is 78.7 Å². The number of benzene rings is 3. The van der Waals surface area contributed by atoms with E-state index in [0.717, 1.165) is 13.0 Å². The summed E-state index contributed by atoms with van der Waals surface area (Å²) >= 11 is 0. The van der Waals surface area contributed by atoms with Gasteiger partial charge >= 0.3 is 5.69 Å². The Morgan fingerprint density at radius 2 is 1.68 bits per heavy atom. The number of hydrogen-bond acceptors (Lipinski definition) is 7. The minimum absolute atomic E-state index is 0.00661. The number of imidazole rings is 1. The number of aromatic nitrogens is 4. The first-order valence-corrected chi connectivity index (χ1v) is 14.6. The predicted octanol–water partition coefficient (Wildman–Crippen LogP) is 4.24. The van der Waals surface area contributed by atoms with Crippen molar-refractivity contribution in [2.45, 2.75) is 31.7 Å². The fourth-order valence-electron chi connectivity index (χ4n) is 5.34. The highest BCUT2D eigenvalue weighted by molar-refractivity contribution is 6.04. The van der Waals surface area contributed by atoms with Crippen LogP contribution in [0.2, 0.25) is 0 Å². The first-order valence-electron chi connectivity index (χ1n) is 14.6. The van der Waals surface area contributed by atoms with Gasteiger partial charge in [0.1, 0.15) is 11.8 Å². The van der Waals surface area contributed by atoms with Gasteiger partial charge in [0, 0.05) is 36.4 Å². The number of nitrogens with one attached hydrogen (secondary N) is 1. The molecule has 2 aromatic heterocycles. The summed E-state index contributed by atoms with van der Waals surface area (Å²) in [5.41, 5.74) is 9.41. The standard InChI is InChI=1S/C33H34N8O3/c1-38(24-17-18-24)19-7-12-28(42)39(2)26-10-6-11-27(20-26)41-31-29(30(34)35-21-36-31)40(33(41)44)25-15-13-23(14-16-25)37-32(43)22-8-4-3-5-9-22/h3-6,8-11,13-16,20-21,24H,7,12,17-19H2,1-2H3,(H,37,43)(H2,34,35,36). The molecular weight excluding hydrogens is 556 g/mol. The number of nitrogen functional groups attached to an aromatic ring is 1. The van der Waals surface area contributed by atoms with Crippen LogP contribution in [0.4, 0.5) is 17.2 Å². The molecule has 1 saturated carbocycles. The average Bonchev–Trinajstić information content (AvgIpc) is 3.85. The van der Waals surface area contributed by atoms with E-state index >= 15 is 0 Å². The van der Waals surface area contributed by atoms with Crippen molar-refractivity contribution in [3.8, 4) is 11.4 Å². The molecule has 1 aliphatic carbocycles. The maximum absolute atomic E-state index is 14.0. The summed E-state index contributed by atoms with van der Waals surface area (Å²) in [7, 11) is 3.86. The normalized spacial score (nSPS) is 12.9. The highest BCUT2D eigenvalue weighted by Gasteiger charge is 2.26. The van der Waals surface area contributed by atoms with Gasteiger partial charge in [-0.3, -0.25) is 14.2 Å². The van der Waals surface area contributed by atoms with Gasteiger partial charge in [0.2, 0.25) is 5.91 Å². The molecule has 5 aromatic rings. The third kappa shape index (κ3) is 5.82. The summed E-state index contributed by atoms with van der Waals surface area (Å²) in [6, 6.07) is 23.7. The van der Waals surface area contributed by atoms with Crippen molar-refractivity contribution in [3.05, 3.63) is 101 Å². The molecule has 0 aliphatic heterocycles. The SMILES string of the molecule is CN(C(=O)CCCN(C)C1CC1)c1cccc(-n2c(=O)n(-c3ccc(NC(=O)c4ccccc4)cc3)c3c(N)ncnc32)c1. The summed E-state index contributed by atoms with van der Waals surface area (Å²) in [5, 5.41) is 2.87. The molecule has 0 unspecified atom stereocenters. The second-order valence-electron chi connectivity index (χ2n) is 11.0. The molecule has 0 bridgehead atoms. The van der Waals surface area contributed by atoms with E-state index in [0.29, 0.717) is 51.9 Å². The number of carbonyl (C=O) groups is 2. The Morgan fingerprint density at radius 3 is 2.41 bits per heavy atom. The fraction of sp³-hybridized carbons (Fsp3) is 0.242. The van der Waals surface area contributed by atoms with Gasteiger partial charge < -0.3 is 20.9 Å².